The molecule has 10 aromatic carbocycles. The Kier molecular flexibility index (Phi) is 10.0. The Balaban J connectivity index is 0.935. The number of para-hydroxylation sites is 4. The molecule has 0 bridgehead atoms. The van der Waals surface area contributed by atoms with E-state index in [1.54, 1.807) is 0 Å². The average Bonchev–Trinajstić information content (AvgIpc) is 3.94. The van der Waals surface area contributed by atoms with Gasteiger partial charge in [0.15, 0.2) is 0 Å². The molecule has 12 aromatic rings. The lowest BCUT2D eigenvalue weighted by Crippen LogP contribution is -2.13. The number of anilines is 6. The molecule has 326 valence electrons. The van der Waals surface area contributed by atoms with E-state index in [0.717, 1.165) is 100 Å². The van der Waals surface area contributed by atoms with E-state index in [1.165, 1.54) is 33.4 Å². The van der Waals surface area contributed by atoms with Crippen molar-refractivity contribution in [2.24, 2.45) is 0 Å². The van der Waals surface area contributed by atoms with Crippen LogP contribution in [0.5, 0.6) is 0 Å². The van der Waals surface area contributed by atoms with Crippen LogP contribution >= 0.6 is 0 Å². The zero-order valence-corrected chi connectivity index (χ0v) is 38.5. The van der Waals surface area contributed by atoms with Crippen LogP contribution in [-0.4, -0.2) is 0 Å². The van der Waals surface area contributed by atoms with Crippen molar-refractivity contribution in [3.05, 3.63) is 241 Å². The summed E-state index contributed by atoms with van der Waals surface area (Å²) in [4.78, 5) is 4.81. The first-order valence-electron chi connectivity index (χ1n) is 23.3. The molecule has 0 amide bonds. The van der Waals surface area contributed by atoms with Crippen LogP contribution in [0.3, 0.4) is 0 Å². The van der Waals surface area contributed by atoms with Gasteiger partial charge in [-0.1, -0.05) is 132 Å². The lowest BCUT2D eigenvalue weighted by molar-refractivity contribution is 0.668. The number of rotatable bonds is 9. The molecule has 4 heteroatoms. The van der Waals surface area contributed by atoms with Crippen LogP contribution in [0.25, 0.3) is 77.3 Å². The maximum Gasteiger partial charge on any atom is 0.135 e. The molecule has 12 rings (SSSR count). The molecule has 0 spiro atoms. The first-order valence-corrected chi connectivity index (χ1v) is 23.3. The zero-order chi connectivity index (χ0) is 45.9. The van der Waals surface area contributed by atoms with Gasteiger partial charge in [0.25, 0.3) is 0 Å². The highest BCUT2D eigenvalue weighted by atomic mass is 16.3. The number of hydrogen-bond donors (Lipinski definition) is 0. The molecule has 0 aliphatic carbocycles. The van der Waals surface area contributed by atoms with Gasteiger partial charge in [-0.15, -0.1) is 0 Å². The second-order valence-electron chi connectivity index (χ2n) is 18.0. The van der Waals surface area contributed by atoms with Crippen LogP contribution < -0.4 is 9.80 Å². The molecule has 68 heavy (non-hydrogen) atoms. The Labute approximate surface area is 396 Å². The number of nitrogens with zero attached hydrogens (tertiary/aromatic N) is 2. The third-order valence-electron chi connectivity index (χ3n) is 13.5. The topological polar surface area (TPSA) is 32.8 Å². The fourth-order valence-electron chi connectivity index (χ4n) is 9.99. The van der Waals surface area contributed by atoms with Crippen LogP contribution in [-0.2, 0) is 0 Å². The molecule has 0 radical (unpaired) electrons. The number of aryl methyl sites for hydroxylation is 4. The Bertz CT molecular complexity index is 3600. The van der Waals surface area contributed by atoms with Gasteiger partial charge in [0.05, 0.1) is 11.4 Å². The molecule has 0 unspecified atom stereocenters. The summed E-state index contributed by atoms with van der Waals surface area (Å²) in [5.41, 5.74) is 21.9. The van der Waals surface area contributed by atoms with Gasteiger partial charge in [-0.2, -0.15) is 0 Å². The van der Waals surface area contributed by atoms with E-state index >= 15 is 0 Å². The van der Waals surface area contributed by atoms with E-state index < -0.39 is 0 Å². The van der Waals surface area contributed by atoms with Gasteiger partial charge in [-0.05, 0) is 158 Å². The predicted molar refractivity (Wildman–Crippen MR) is 286 cm³/mol. The van der Waals surface area contributed by atoms with Crippen molar-refractivity contribution in [1.82, 2.24) is 0 Å². The summed E-state index contributed by atoms with van der Waals surface area (Å²) in [6.45, 7) is 8.74. The Morgan fingerprint density at radius 2 is 0.647 bits per heavy atom. The van der Waals surface area contributed by atoms with Crippen LogP contribution in [0.15, 0.2) is 227 Å². The lowest BCUT2D eigenvalue weighted by atomic mass is 9.96. The molecule has 0 saturated carbocycles. The molecule has 2 heterocycles. The molecule has 0 atom stereocenters. The summed E-state index contributed by atoms with van der Waals surface area (Å²) in [5, 5.41) is 4.47. The maximum absolute atomic E-state index is 6.23. The number of hydrogen-bond acceptors (Lipinski definition) is 4. The van der Waals surface area contributed by atoms with Crippen molar-refractivity contribution < 1.29 is 8.83 Å². The van der Waals surface area contributed by atoms with E-state index in [2.05, 4.69) is 232 Å². The second kappa shape index (κ2) is 16.7. The summed E-state index contributed by atoms with van der Waals surface area (Å²) in [7, 11) is 0. The molecule has 0 N–H and O–H groups in total. The number of benzene rings is 10. The SMILES string of the molecule is Cc1ccc(N(c2ccc(-c3ccc(N(c4ccc(C)cc4)c4ccccc4-c4ccc5oc6ccccc6c5c4)c(C)c3)cc2C)c2ccccc2-c2ccc3oc4ccccc4c3c2)cc1. The fraction of sp³-hybridized carbons (Fsp3) is 0.0625. The normalized spacial score (nSPS) is 11.5. The molecule has 0 saturated heterocycles. The van der Waals surface area contributed by atoms with E-state index in [4.69, 9.17) is 8.83 Å². The minimum absolute atomic E-state index is 0.891. The summed E-state index contributed by atoms with van der Waals surface area (Å²) < 4.78 is 12.5. The monoisotopic (exact) mass is 876 g/mol. The highest BCUT2D eigenvalue weighted by molar-refractivity contribution is 6.08. The van der Waals surface area contributed by atoms with Crippen LogP contribution in [0.1, 0.15) is 22.3 Å². The molecule has 4 nitrogen and oxygen atoms in total. The van der Waals surface area contributed by atoms with Crippen LogP contribution in [0, 0.1) is 27.7 Å². The molecule has 0 aliphatic heterocycles. The third kappa shape index (κ3) is 7.19. The maximum atomic E-state index is 6.23. The van der Waals surface area contributed by atoms with Gasteiger partial charge in [-0.3, -0.25) is 0 Å². The van der Waals surface area contributed by atoms with Gasteiger partial charge in [0, 0.05) is 55.4 Å². The molecular formula is C64H48N2O2. The van der Waals surface area contributed by atoms with Gasteiger partial charge in [0.1, 0.15) is 22.3 Å². The quantitative estimate of drug-likeness (QED) is 0.145. The van der Waals surface area contributed by atoms with E-state index in [9.17, 15) is 0 Å². The number of fused-ring (bicyclic) bond motifs is 6. The summed E-state index contributed by atoms with van der Waals surface area (Å²) in [6, 6.07) is 78.6. The van der Waals surface area contributed by atoms with Gasteiger partial charge >= 0.3 is 0 Å². The van der Waals surface area contributed by atoms with Crippen molar-refractivity contribution in [2.75, 3.05) is 9.80 Å². The predicted octanol–water partition coefficient (Wildman–Crippen LogP) is 18.7. The highest BCUT2D eigenvalue weighted by Gasteiger charge is 2.22. The van der Waals surface area contributed by atoms with Crippen molar-refractivity contribution in [2.45, 2.75) is 27.7 Å². The molecule has 0 aliphatic rings. The minimum Gasteiger partial charge on any atom is -0.456 e. The Morgan fingerprint density at radius 1 is 0.279 bits per heavy atom. The van der Waals surface area contributed by atoms with Crippen molar-refractivity contribution in [1.29, 1.82) is 0 Å². The Hall–Kier alpha value is -8.60. The van der Waals surface area contributed by atoms with E-state index in [1.807, 2.05) is 24.3 Å². The van der Waals surface area contributed by atoms with Gasteiger partial charge in [-0.25, -0.2) is 0 Å². The van der Waals surface area contributed by atoms with Crippen molar-refractivity contribution in [3.8, 4) is 33.4 Å². The highest BCUT2D eigenvalue weighted by Crippen LogP contribution is 2.46. The summed E-state index contributed by atoms with van der Waals surface area (Å²) in [6.07, 6.45) is 0. The van der Waals surface area contributed by atoms with E-state index in [0.29, 0.717) is 0 Å². The van der Waals surface area contributed by atoms with Crippen molar-refractivity contribution in [3.63, 3.8) is 0 Å². The van der Waals surface area contributed by atoms with Crippen LogP contribution in [0.4, 0.5) is 34.1 Å². The van der Waals surface area contributed by atoms with Gasteiger partial charge < -0.3 is 18.6 Å². The average molecular weight is 877 g/mol. The Morgan fingerprint density at radius 3 is 1.07 bits per heavy atom. The minimum atomic E-state index is 0.891. The van der Waals surface area contributed by atoms with Crippen molar-refractivity contribution >= 4 is 78.0 Å². The molecule has 2 aromatic heterocycles. The molecule has 0 fully saturated rings. The summed E-state index contributed by atoms with van der Waals surface area (Å²) in [5.74, 6) is 0. The fourth-order valence-corrected chi connectivity index (χ4v) is 9.99. The smallest absolute Gasteiger partial charge is 0.135 e. The first kappa shape index (κ1) is 40.9. The first-order chi connectivity index (χ1) is 33.3. The third-order valence-corrected chi connectivity index (χ3v) is 13.5. The summed E-state index contributed by atoms with van der Waals surface area (Å²) >= 11 is 0. The van der Waals surface area contributed by atoms with Crippen LogP contribution in [0.2, 0.25) is 0 Å². The lowest BCUT2D eigenvalue weighted by Gasteiger charge is -2.30. The second-order valence-corrected chi connectivity index (χ2v) is 18.0. The standard InChI is InChI=1S/C64H48N2O2/c1-41-21-29-49(30-22-41)65(59-17-9-5-13-51(59)47-27-35-63-55(39-47)53-15-7-11-19-61(53)67-63)57-33-25-45(37-43(57)3)46-26-34-58(44(4)38-46)66(50-31-23-42(2)24-32-50)60-18-10-6-14-52(60)48-28-36-64-56(40-48)54-16-8-12-20-62(54)68-64/h5-40H,1-4H3. The van der Waals surface area contributed by atoms with E-state index in [-0.39, 0.29) is 0 Å². The van der Waals surface area contributed by atoms with Gasteiger partial charge in [0.2, 0.25) is 0 Å². The number of furan rings is 2. The largest absolute Gasteiger partial charge is 0.456 e. The zero-order valence-electron chi connectivity index (χ0n) is 38.5. The molecular weight excluding hydrogens is 829 g/mol.